The first-order valence-corrected chi connectivity index (χ1v) is 12.9. The summed E-state index contributed by atoms with van der Waals surface area (Å²) in [6, 6.07) is 30.5. The lowest BCUT2D eigenvalue weighted by molar-refractivity contribution is -0.148. The SMILES string of the molecule is CO[C@@]1(C)C(=Nc2ccccc2P(c2ccccc2)c2ccccc2)C[C@H]2C[C@@H]1C2(C)C. The van der Waals surface area contributed by atoms with Gasteiger partial charge in [-0.1, -0.05) is 92.7 Å². The second-order valence-corrected chi connectivity index (χ2v) is 12.1. The zero-order valence-electron chi connectivity index (χ0n) is 19.5. The van der Waals surface area contributed by atoms with Gasteiger partial charge in [0.2, 0.25) is 0 Å². The average molecular weight is 442 g/mol. The number of nitrogens with zero attached hydrogens (tertiary/aromatic N) is 1. The molecule has 2 nitrogen and oxygen atoms in total. The molecule has 3 heteroatoms. The molecular formula is C29H32NOP. The molecule has 3 aliphatic rings. The van der Waals surface area contributed by atoms with Crippen molar-refractivity contribution in [1.29, 1.82) is 0 Å². The topological polar surface area (TPSA) is 21.6 Å². The maximum atomic E-state index is 6.19. The van der Waals surface area contributed by atoms with Gasteiger partial charge in [0, 0.05) is 12.4 Å². The third kappa shape index (κ3) is 3.45. The van der Waals surface area contributed by atoms with Crippen molar-refractivity contribution < 1.29 is 4.74 Å². The van der Waals surface area contributed by atoms with Crippen molar-refractivity contribution in [3.63, 3.8) is 0 Å². The van der Waals surface area contributed by atoms with Crippen LogP contribution in [0.4, 0.5) is 5.69 Å². The van der Waals surface area contributed by atoms with Crippen molar-refractivity contribution >= 4 is 35.2 Å². The van der Waals surface area contributed by atoms with E-state index in [0.29, 0.717) is 17.3 Å². The predicted molar refractivity (Wildman–Crippen MR) is 138 cm³/mol. The Balaban J connectivity index is 1.63. The highest BCUT2D eigenvalue weighted by Crippen LogP contribution is 2.62. The Bertz CT molecular complexity index is 1080. The van der Waals surface area contributed by atoms with E-state index in [9.17, 15) is 0 Å². The maximum absolute atomic E-state index is 6.19. The van der Waals surface area contributed by atoms with Crippen molar-refractivity contribution in [1.82, 2.24) is 0 Å². The molecule has 3 fully saturated rings. The number of para-hydroxylation sites is 1. The molecule has 0 saturated heterocycles. The van der Waals surface area contributed by atoms with Gasteiger partial charge >= 0.3 is 0 Å². The minimum absolute atomic E-state index is 0.298. The molecule has 164 valence electrons. The smallest absolute Gasteiger partial charge is 0.106 e. The van der Waals surface area contributed by atoms with Gasteiger partial charge in [-0.15, -0.1) is 0 Å². The molecule has 0 N–H and O–H groups in total. The molecule has 32 heavy (non-hydrogen) atoms. The Kier molecular flexibility index (Phi) is 5.56. The summed E-state index contributed by atoms with van der Waals surface area (Å²) < 4.78 is 6.19. The van der Waals surface area contributed by atoms with Crippen LogP contribution in [0.15, 0.2) is 89.9 Å². The molecule has 2 bridgehead atoms. The van der Waals surface area contributed by atoms with Gasteiger partial charge in [0.25, 0.3) is 0 Å². The van der Waals surface area contributed by atoms with Crippen LogP contribution in [0.1, 0.15) is 33.6 Å². The van der Waals surface area contributed by atoms with E-state index in [2.05, 4.69) is 106 Å². The summed E-state index contributed by atoms with van der Waals surface area (Å²) in [7, 11) is 1.16. The van der Waals surface area contributed by atoms with Gasteiger partial charge in [-0.05, 0) is 61.6 Å². The summed E-state index contributed by atoms with van der Waals surface area (Å²) >= 11 is 0. The second kappa shape index (κ2) is 8.25. The molecule has 3 saturated carbocycles. The van der Waals surface area contributed by atoms with Gasteiger partial charge in [-0.3, -0.25) is 4.99 Å². The molecule has 0 amide bonds. The largest absolute Gasteiger partial charge is 0.372 e. The predicted octanol–water partition coefficient (Wildman–Crippen LogP) is 5.99. The highest BCUT2D eigenvalue weighted by atomic mass is 31.1. The molecule has 3 aromatic rings. The fourth-order valence-corrected chi connectivity index (χ4v) is 8.21. The first-order chi connectivity index (χ1) is 15.4. The molecular weight excluding hydrogens is 409 g/mol. The number of benzene rings is 3. The van der Waals surface area contributed by atoms with Crippen LogP contribution in [0.25, 0.3) is 0 Å². The van der Waals surface area contributed by atoms with Gasteiger partial charge in [0.05, 0.1) is 11.4 Å². The first-order valence-electron chi connectivity index (χ1n) is 11.6. The third-order valence-electron chi connectivity index (χ3n) is 7.98. The molecule has 0 radical (unpaired) electrons. The molecule has 6 rings (SSSR count). The van der Waals surface area contributed by atoms with Crippen molar-refractivity contribution in [2.24, 2.45) is 22.2 Å². The molecule has 3 aromatic carbocycles. The van der Waals surface area contributed by atoms with Crippen molar-refractivity contribution in [2.75, 3.05) is 7.11 Å². The van der Waals surface area contributed by atoms with E-state index in [1.165, 1.54) is 28.0 Å². The van der Waals surface area contributed by atoms with Crippen LogP contribution in [0.3, 0.4) is 0 Å². The molecule has 0 spiro atoms. The summed E-state index contributed by atoms with van der Waals surface area (Å²) in [6.07, 6.45) is 2.27. The van der Waals surface area contributed by atoms with Crippen LogP contribution in [-0.4, -0.2) is 18.4 Å². The summed E-state index contributed by atoms with van der Waals surface area (Å²) in [4.78, 5) is 5.37. The van der Waals surface area contributed by atoms with E-state index in [1.807, 2.05) is 7.11 Å². The first kappa shape index (κ1) is 21.6. The Labute approximate surface area is 193 Å². The maximum Gasteiger partial charge on any atom is 0.106 e. The van der Waals surface area contributed by atoms with E-state index < -0.39 is 7.92 Å². The lowest BCUT2D eigenvalue weighted by Crippen LogP contribution is -2.65. The van der Waals surface area contributed by atoms with Crippen molar-refractivity contribution in [2.45, 2.75) is 39.2 Å². The van der Waals surface area contributed by atoms with E-state index in [-0.39, 0.29) is 5.60 Å². The molecule has 0 unspecified atom stereocenters. The van der Waals surface area contributed by atoms with Gasteiger partial charge in [0.15, 0.2) is 0 Å². The summed E-state index contributed by atoms with van der Waals surface area (Å²) in [5, 5.41) is 4.01. The van der Waals surface area contributed by atoms with Crippen LogP contribution in [-0.2, 0) is 4.74 Å². The number of methoxy groups -OCH3 is 1. The zero-order valence-corrected chi connectivity index (χ0v) is 20.3. The summed E-state index contributed by atoms with van der Waals surface area (Å²) in [5.74, 6) is 1.22. The summed E-state index contributed by atoms with van der Waals surface area (Å²) in [5.41, 5.74) is 2.32. The van der Waals surface area contributed by atoms with E-state index >= 15 is 0 Å². The number of hydrogen-bond donors (Lipinski definition) is 0. The molecule has 3 aliphatic carbocycles. The third-order valence-corrected chi connectivity index (χ3v) is 10.5. The number of fused-ring (bicyclic) bond motifs is 2. The van der Waals surface area contributed by atoms with Gasteiger partial charge in [0.1, 0.15) is 5.60 Å². The molecule has 0 aliphatic heterocycles. The fourth-order valence-electron chi connectivity index (χ4n) is 5.83. The highest BCUT2D eigenvalue weighted by molar-refractivity contribution is 7.80. The molecule has 0 aromatic heterocycles. The minimum Gasteiger partial charge on any atom is -0.372 e. The number of aliphatic imine (C=N–C) groups is 1. The van der Waals surface area contributed by atoms with E-state index in [0.717, 1.165) is 12.1 Å². The van der Waals surface area contributed by atoms with E-state index in [4.69, 9.17) is 9.73 Å². The quantitative estimate of drug-likeness (QED) is 0.446. The standard InChI is InChI=1S/C29H32NOP/c1-28(2)21-19-26(28)29(3,31-4)27(20-21)30-24-17-11-12-18-25(24)32(22-13-7-5-8-14-22)23-15-9-6-10-16-23/h5-18,21,26H,19-20H2,1-4H3/t21-,26-,29-/m1/s1. The van der Waals surface area contributed by atoms with Crippen molar-refractivity contribution in [3.05, 3.63) is 84.9 Å². The lowest BCUT2D eigenvalue weighted by Gasteiger charge is -2.63. The Hall–Kier alpha value is -2.28. The Morgan fingerprint density at radius 1 is 0.812 bits per heavy atom. The highest BCUT2D eigenvalue weighted by Gasteiger charge is 2.62. The van der Waals surface area contributed by atoms with Gasteiger partial charge < -0.3 is 4.74 Å². The monoisotopic (exact) mass is 441 g/mol. The Morgan fingerprint density at radius 3 is 1.94 bits per heavy atom. The molecule has 0 heterocycles. The van der Waals surface area contributed by atoms with Crippen LogP contribution >= 0.6 is 7.92 Å². The molecule has 3 atom stereocenters. The minimum atomic E-state index is -0.695. The van der Waals surface area contributed by atoms with Crippen LogP contribution < -0.4 is 15.9 Å². The van der Waals surface area contributed by atoms with E-state index in [1.54, 1.807) is 0 Å². The average Bonchev–Trinajstić information content (AvgIpc) is 2.82. The lowest BCUT2D eigenvalue weighted by atomic mass is 9.44. The normalized spacial score (nSPS) is 27.3. The van der Waals surface area contributed by atoms with Gasteiger partial charge in [-0.25, -0.2) is 0 Å². The van der Waals surface area contributed by atoms with Crippen LogP contribution in [0.5, 0.6) is 0 Å². The van der Waals surface area contributed by atoms with Gasteiger partial charge in [-0.2, -0.15) is 0 Å². The summed E-state index contributed by atoms with van der Waals surface area (Å²) in [6.45, 7) is 7.06. The van der Waals surface area contributed by atoms with Crippen LogP contribution in [0, 0.1) is 17.3 Å². The Morgan fingerprint density at radius 2 is 1.38 bits per heavy atom. The zero-order chi connectivity index (χ0) is 22.3. The number of hydrogen-bond acceptors (Lipinski definition) is 2. The second-order valence-electron chi connectivity index (χ2n) is 9.88. The van der Waals surface area contributed by atoms with Crippen molar-refractivity contribution in [3.8, 4) is 0 Å². The number of ether oxygens (including phenoxy) is 1. The van der Waals surface area contributed by atoms with Crippen LogP contribution in [0.2, 0.25) is 0 Å². The number of rotatable bonds is 5. The fraction of sp³-hybridized carbons (Fsp3) is 0.345.